The Morgan fingerprint density at radius 2 is 2.10 bits per heavy atom. The van der Waals surface area contributed by atoms with Crippen LogP contribution in [0.3, 0.4) is 0 Å². The summed E-state index contributed by atoms with van der Waals surface area (Å²) in [6, 6.07) is 0. The number of hydrogen-bond donors (Lipinski definition) is 5. The zero-order valence-electron chi connectivity index (χ0n) is 11.3. The van der Waals surface area contributed by atoms with Crippen molar-refractivity contribution in [2.45, 2.75) is 19.9 Å². The van der Waals surface area contributed by atoms with Gasteiger partial charge < -0.3 is 15.6 Å². The maximum Gasteiger partial charge on any atom is 0.326 e. The maximum atomic E-state index is 12.3. The van der Waals surface area contributed by atoms with Crippen LogP contribution in [-0.4, -0.2) is 32.6 Å². The number of aromatic nitrogens is 4. The SMILES string of the molecule is Cc1[nH]c(=O)[nH]c(=O)c1NC(=O)c1n[nH]c2c1CNCC2. The molecule has 0 aromatic carbocycles. The number of anilines is 1. The van der Waals surface area contributed by atoms with Crippen molar-refractivity contribution < 1.29 is 4.79 Å². The van der Waals surface area contributed by atoms with Crippen molar-refractivity contribution in [1.29, 1.82) is 0 Å². The van der Waals surface area contributed by atoms with Crippen molar-refractivity contribution in [2.75, 3.05) is 11.9 Å². The van der Waals surface area contributed by atoms with Gasteiger partial charge in [0.2, 0.25) is 0 Å². The van der Waals surface area contributed by atoms with Crippen molar-refractivity contribution in [3.8, 4) is 0 Å². The average molecular weight is 290 g/mol. The third kappa shape index (κ3) is 2.38. The highest BCUT2D eigenvalue weighted by atomic mass is 16.2. The van der Waals surface area contributed by atoms with Crippen LogP contribution in [0.4, 0.5) is 5.69 Å². The van der Waals surface area contributed by atoms with Crippen LogP contribution in [0.1, 0.15) is 27.4 Å². The summed E-state index contributed by atoms with van der Waals surface area (Å²) in [6.45, 7) is 2.92. The first kappa shape index (κ1) is 13.3. The van der Waals surface area contributed by atoms with Gasteiger partial charge in [0.15, 0.2) is 5.69 Å². The molecule has 0 atom stereocenters. The normalized spacial score (nSPS) is 13.8. The molecule has 0 saturated carbocycles. The van der Waals surface area contributed by atoms with E-state index in [0.717, 1.165) is 24.2 Å². The number of rotatable bonds is 2. The summed E-state index contributed by atoms with van der Waals surface area (Å²) in [5.74, 6) is -0.489. The number of amides is 1. The molecule has 0 fully saturated rings. The number of nitrogens with zero attached hydrogens (tertiary/aromatic N) is 1. The molecule has 9 nitrogen and oxygen atoms in total. The molecular formula is C12H14N6O3. The zero-order valence-corrected chi connectivity index (χ0v) is 11.3. The molecule has 21 heavy (non-hydrogen) atoms. The van der Waals surface area contributed by atoms with E-state index in [-0.39, 0.29) is 11.4 Å². The van der Waals surface area contributed by atoms with Crippen molar-refractivity contribution in [1.82, 2.24) is 25.5 Å². The maximum absolute atomic E-state index is 12.3. The van der Waals surface area contributed by atoms with Crippen LogP contribution in [0.25, 0.3) is 0 Å². The number of H-pyrrole nitrogens is 3. The quantitative estimate of drug-likeness (QED) is 0.483. The Balaban J connectivity index is 1.93. The van der Waals surface area contributed by atoms with Gasteiger partial charge in [-0.2, -0.15) is 5.10 Å². The molecule has 0 radical (unpaired) electrons. The molecule has 3 rings (SSSR count). The van der Waals surface area contributed by atoms with E-state index in [4.69, 9.17) is 0 Å². The van der Waals surface area contributed by atoms with Gasteiger partial charge in [0, 0.05) is 36.5 Å². The number of hydrogen-bond acceptors (Lipinski definition) is 5. The molecule has 2 aromatic heterocycles. The number of carbonyl (C=O) groups is 1. The summed E-state index contributed by atoms with van der Waals surface area (Å²) in [5.41, 5.74) is 1.02. The molecule has 0 spiro atoms. The number of nitrogens with one attached hydrogen (secondary N) is 5. The lowest BCUT2D eigenvalue weighted by Crippen LogP contribution is -2.30. The molecule has 0 bridgehead atoms. The van der Waals surface area contributed by atoms with E-state index < -0.39 is 17.2 Å². The minimum atomic E-state index is -0.646. The topological polar surface area (TPSA) is 136 Å². The highest BCUT2D eigenvalue weighted by Gasteiger charge is 2.22. The molecule has 3 heterocycles. The Hall–Kier alpha value is -2.68. The Bertz CT molecular complexity index is 815. The average Bonchev–Trinajstić information content (AvgIpc) is 2.86. The van der Waals surface area contributed by atoms with Gasteiger partial charge in [-0.1, -0.05) is 0 Å². The second-order valence-electron chi connectivity index (χ2n) is 4.82. The lowest BCUT2D eigenvalue weighted by Gasteiger charge is -2.13. The molecule has 110 valence electrons. The van der Waals surface area contributed by atoms with Gasteiger partial charge in [-0.05, 0) is 6.92 Å². The Morgan fingerprint density at radius 1 is 1.29 bits per heavy atom. The van der Waals surface area contributed by atoms with E-state index in [0.29, 0.717) is 12.2 Å². The molecule has 0 aliphatic carbocycles. The molecule has 5 N–H and O–H groups in total. The lowest BCUT2D eigenvalue weighted by atomic mass is 10.1. The smallest absolute Gasteiger partial charge is 0.314 e. The fraction of sp³-hybridized carbons (Fsp3) is 0.333. The summed E-state index contributed by atoms with van der Waals surface area (Å²) in [4.78, 5) is 39.6. The minimum absolute atomic E-state index is 0.0140. The number of aromatic amines is 3. The van der Waals surface area contributed by atoms with E-state index in [9.17, 15) is 14.4 Å². The van der Waals surface area contributed by atoms with Crippen LogP contribution in [0.2, 0.25) is 0 Å². The molecular weight excluding hydrogens is 276 g/mol. The molecule has 9 heteroatoms. The van der Waals surface area contributed by atoms with Crippen molar-refractivity contribution in [3.63, 3.8) is 0 Å². The van der Waals surface area contributed by atoms with Crippen molar-refractivity contribution in [2.24, 2.45) is 0 Å². The van der Waals surface area contributed by atoms with Gasteiger partial charge in [0.05, 0.1) is 0 Å². The van der Waals surface area contributed by atoms with Crippen molar-refractivity contribution in [3.05, 3.63) is 43.5 Å². The zero-order chi connectivity index (χ0) is 15.0. The van der Waals surface area contributed by atoms with Gasteiger partial charge in [-0.15, -0.1) is 0 Å². The van der Waals surface area contributed by atoms with Crippen LogP contribution in [-0.2, 0) is 13.0 Å². The molecule has 1 aliphatic rings. The molecule has 1 amide bonds. The van der Waals surface area contributed by atoms with Crippen LogP contribution in [0, 0.1) is 6.92 Å². The first-order valence-electron chi connectivity index (χ1n) is 6.47. The summed E-state index contributed by atoms with van der Waals surface area (Å²) < 4.78 is 0. The predicted octanol–water partition coefficient (Wildman–Crippen LogP) is -1.01. The van der Waals surface area contributed by atoms with Crippen LogP contribution in [0.15, 0.2) is 9.59 Å². The monoisotopic (exact) mass is 290 g/mol. The largest absolute Gasteiger partial charge is 0.326 e. The third-order valence-corrected chi connectivity index (χ3v) is 3.39. The van der Waals surface area contributed by atoms with E-state index >= 15 is 0 Å². The number of fused-ring (bicyclic) bond motifs is 1. The van der Waals surface area contributed by atoms with Gasteiger partial charge >= 0.3 is 5.69 Å². The summed E-state index contributed by atoms with van der Waals surface area (Å²) >= 11 is 0. The highest BCUT2D eigenvalue weighted by Crippen LogP contribution is 2.16. The first-order chi connectivity index (χ1) is 10.1. The van der Waals surface area contributed by atoms with Gasteiger partial charge in [-0.25, -0.2) is 4.79 Å². The van der Waals surface area contributed by atoms with E-state index in [1.54, 1.807) is 0 Å². The fourth-order valence-electron chi connectivity index (χ4n) is 2.34. The molecule has 1 aliphatic heterocycles. The van der Waals surface area contributed by atoms with Gasteiger partial charge in [0.1, 0.15) is 5.69 Å². The summed E-state index contributed by atoms with van der Waals surface area (Å²) in [7, 11) is 0. The third-order valence-electron chi connectivity index (χ3n) is 3.39. The second kappa shape index (κ2) is 5.02. The van der Waals surface area contributed by atoms with E-state index in [1.807, 2.05) is 0 Å². The predicted molar refractivity (Wildman–Crippen MR) is 74.4 cm³/mol. The van der Waals surface area contributed by atoms with Crippen molar-refractivity contribution >= 4 is 11.6 Å². The fourth-order valence-corrected chi connectivity index (χ4v) is 2.34. The summed E-state index contributed by atoms with van der Waals surface area (Å²) in [6.07, 6.45) is 0.772. The lowest BCUT2D eigenvalue weighted by molar-refractivity contribution is 0.102. The van der Waals surface area contributed by atoms with E-state index in [2.05, 4.69) is 30.8 Å². The Morgan fingerprint density at radius 3 is 2.86 bits per heavy atom. The second-order valence-corrected chi connectivity index (χ2v) is 4.82. The number of carbonyl (C=O) groups excluding carboxylic acids is 1. The molecule has 0 saturated heterocycles. The molecule has 0 unspecified atom stereocenters. The standard InChI is InChI=1S/C12H14N6O3/c1-5-8(10(19)16-12(21)14-5)15-11(20)9-6-4-13-3-2-7(6)17-18-9/h13H,2-4H2,1H3,(H,15,20)(H,17,18)(H2,14,16,19,21). The van der Waals surface area contributed by atoms with Crippen LogP contribution >= 0.6 is 0 Å². The van der Waals surface area contributed by atoms with Crippen LogP contribution in [0.5, 0.6) is 0 Å². The van der Waals surface area contributed by atoms with Gasteiger partial charge in [0.25, 0.3) is 11.5 Å². The van der Waals surface area contributed by atoms with Gasteiger partial charge in [-0.3, -0.25) is 19.7 Å². The Kier molecular flexibility index (Phi) is 3.18. The highest BCUT2D eigenvalue weighted by molar-refractivity contribution is 6.04. The van der Waals surface area contributed by atoms with E-state index in [1.165, 1.54) is 6.92 Å². The number of aryl methyl sites for hydroxylation is 1. The molecule has 2 aromatic rings. The summed E-state index contributed by atoms with van der Waals surface area (Å²) in [5, 5.41) is 12.5. The van der Waals surface area contributed by atoms with Crippen LogP contribution < -0.4 is 21.9 Å². The Labute approximate surface area is 118 Å². The first-order valence-corrected chi connectivity index (χ1v) is 6.47. The minimum Gasteiger partial charge on any atom is -0.314 e.